The molecule has 0 saturated heterocycles. The number of carbonyl (C=O) groups is 1. The zero-order valence-corrected chi connectivity index (χ0v) is 13.8. The Kier molecular flexibility index (Phi) is 5.68. The monoisotopic (exact) mass is 361 g/mol. The second kappa shape index (κ2) is 7.56. The Hall–Kier alpha value is -2.55. The molecule has 0 saturated carbocycles. The first-order valence-electron chi connectivity index (χ1n) is 7.18. The number of benzene rings is 2. The van der Waals surface area contributed by atoms with Crippen molar-refractivity contribution in [2.24, 2.45) is 0 Å². The van der Waals surface area contributed by atoms with Crippen LogP contribution in [0.2, 0.25) is 5.82 Å². The number of hydrogen-bond acceptors (Lipinski definition) is 5. The van der Waals surface area contributed by atoms with Gasteiger partial charge in [-0.1, -0.05) is 12.1 Å². The normalized spacial score (nSPS) is 12.5. The number of nitrogens with zero attached hydrogens (tertiary/aromatic N) is 1. The summed E-state index contributed by atoms with van der Waals surface area (Å²) >= 11 is 0. The van der Waals surface area contributed by atoms with E-state index >= 15 is 0 Å². The molecular weight excluding hydrogens is 348 g/mol. The summed E-state index contributed by atoms with van der Waals surface area (Å²) in [5.41, 5.74) is 0.441. The lowest BCUT2D eigenvalue weighted by Gasteiger charge is -2.12. The van der Waals surface area contributed by atoms with E-state index in [1.54, 1.807) is 6.07 Å². The lowest BCUT2D eigenvalue weighted by Crippen LogP contribution is -2.15. The van der Waals surface area contributed by atoms with Crippen molar-refractivity contribution in [3.8, 4) is 0 Å². The Morgan fingerprint density at radius 2 is 1.96 bits per heavy atom. The molecule has 0 amide bonds. The Labute approximate surface area is 145 Å². The van der Waals surface area contributed by atoms with Gasteiger partial charge in [0, 0.05) is 12.1 Å². The Morgan fingerprint density at radius 3 is 2.60 bits per heavy atom. The maximum absolute atomic E-state index is 13.6. The number of aldehydes is 1. The Morgan fingerprint density at radius 1 is 1.24 bits per heavy atom. The van der Waals surface area contributed by atoms with E-state index in [1.807, 2.05) is 0 Å². The minimum Gasteiger partial charge on any atom is -0.304 e. The molecule has 9 heteroatoms. The number of nitro benzene ring substituents is 1. The fourth-order valence-corrected chi connectivity index (χ4v) is 3.94. The number of non-ortho nitro benzene ring substituents is 1. The van der Waals surface area contributed by atoms with E-state index in [0.29, 0.717) is 11.8 Å². The molecule has 25 heavy (non-hydrogen) atoms. The first-order valence-corrected chi connectivity index (χ1v) is 8.83. The van der Waals surface area contributed by atoms with Gasteiger partial charge in [-0.2, -0.15) is 0 Å². The van der Waals surface area contributed by atoms with Crippen LogP contribution in [0.4, 0.5) is 10.1 Å². The quantitative estimate of drug-likeness (QED) is 0.248. The maximum Gasteiger partial charge on any atom is 0.269 e. The minimum absolute atomic E-state index is 0.0235. The van der Waals surface area contributed by atoms with Crippen molar-refractivity contribution in [3.05, 3.63) is 69.5 Å². The van der Waals surface area contributed by atoms with Crippen molar-refractivity contribution in [2.75, 3.05) is 5.75 Å². The van der Waals surface area contributed by atoms with Crippen molar-refractivity contribution >= 4 is 29.7 Å². The van der Waals surface area contributed by atoms with E-state index < -0.39 is 32.1 Å². The van der Waals surface area contributed by atoms with Gasteiger partial charge < -0.3 is 4.79 Å². The first-order chi connectivity index (χ1) is 11.7. The van der Waals surface area contributed by atoms with Gasteiger partial charge in [0.1, 0.15) is 12.1 Å². The fraction of sp³-hybridized carbons (Fsp3) is 0.188. The molecule has 0 aliphatic rings. The average molecular weight is 361 g/mol. The lowest BCUT2D eigenvalue weighted by atomic mass is 9.91. The van der Waals surface area contributed by atoms with Crippen LogP contribution in [0.5, 0.6) is 0 Å². The number of nitro groups is 1. The van der Waals surface area contributed by atoms with Crippen LogP contribution in [0.15, 0.2) is 47.4 Å². The van der Waals surface area contributed by atoms with Gasteiger partial charge in [-0.05, 0) is 41.6 Å². The fourth-order valence-electron chi connectivity index (χ4n) is 2.37. The standard InChI is InChI=1S/C16H13BFNO5S/c17-13(9-20)10-25(23,24)16-5-4-14(18)8-12(16)6-11-2-1-3-15(7-11)19(21)22/h1-5,7-9,13H,6,10H2. The van der Waals surface area contributed by atoms with Crippen LogP contribution in [-0.2, 0) is 21.1 Å². The number of hydrogen-bond donors (Lipinski definition) is 0. The highest BCUT2D eigenvalue weighted by molar-refractivity contribution is 7.91. The maximum atomic E-state index is 13.6. The summed E-state index contributed by atoms with van der Waals surface area (Å²) in [6.07, 6.45) is 0.297. The third-order valence-corrected chi connectivity index (χ3v) is 5.35. The Bertz CT molecular complexity index is 916. The van der Waals surface area contributed by atoms with Crippen LogP contribution in [0.1, 0.15) is 11.1 Å². The lowest BCUT2D eigenvalue weighted by molar-refractivity contribution is -0.384. The number of sulfone groups is 1. The van der Waals surface area contributed by atoms with Crippen LogP contribution in [-0.4, -0.2) is 33.2 Å². The van der Waals surface area contributed by atoms with Crippen LogP contribution >= 0.6 is 0 Å². The molecule has 0 N–H and O–H groups in total. The van der Waals surface area contributed by atoms with E-state index in [9.17, 15) is 27.7 Å². The summed E-state index contributed by atoms with van der Waals surface area (Å²) in [5, 5.41) is 10.8. The molecule has 1 atom stereocenters. The van der Waals surface area contributed by atoms with Crippen molar-refractivity contribution in [1.82, 2.24) is 0 Å². The van der Waals surface area contributed by atoms with E-state index in [1.165, 1.54) is 18.2 Å². The molecule has 2 aromatic carbocycles. The van der Waals surface area contributed by atoms with Gasteiger partial charge in [0.25, 0.3) is 5.69 Å². The third kappa shape index (κ3) is 4.73. The molecule has 128 valence electrons. The number of rotatable bonds is 7. The molecule has 6 nitrogen and oxygen atoms in total. The van der Waals surface area contributed by atoms with Crippen molar-refractivity contribution < 1.29 is 22.5 Å². The molecule has 0 aromatic heterocycles. The highest BCUT2D eigenvalue weighted by Crippen LogP contribution is 2.24. The van der Waals surface area contributed by atoms with Gasteiger partial charge in [-0.25, -0.2) is 12.8 Å². The molecule has 0 heterocycles. The molecule has 0 spiro atoms. The zero-order chi connectivity index (χ0) is 18.6. The molecule has 2 radical (unpaired) electrons. The van der Waals surface area contributed by atoms with Gasteiger partial charge in [0.15, 0.2) is 9.84 Å². The summed E-state index contributed by atoms with van der Waals surface area (Å²) in [6.45, 7) is 0. The van der Waals surface area contributed by atoms with Crippen LogP contribution in [0, 0.1) is 15.9 Å². The Balaban J connectivity index is 2.44. The molecule has 1 unspecified atom stereocenters. The largest absolute Gasteiger partial charge is 0.304 e. The molecular formula is C16H13BFNO5S. The van der Waals surface area contributed by atoms with Gasteiger partial charge in [-0.15, -0.1) is 0 Å². The first kappa shape index (κ1) is 18.8. The second-order valence-corrected chi connectivity index (χ2v) is 7.44. The van der Waals surface area contributed by atoms with Crippen LogP contribution in [0.25, 0.3) is 0 Å². The van der Waals surface area contributed by atoms with E-state index in [4.69, 9.17) is 7.85 Å². The zero-order valence-electron chi connectivity index (χ0n) is 13.0. The topological polar surface area (TPSA) is 94.3 Å². The predicted octanol–water partition coefficient (Wildman–Crippen LogP) is 2.25. The molecule has 0 fully saturated rings. The molecule has 0 bridgehead atoms. The number of halogens is 1. The van der Waals surface area contributed by atoms with E-state index in [2.05, 4.69) is 0 Å². The summed E-state index contributed by atoms with van der Waals surface area (Å²) in [5.74, 6) is -2.44. The number of carbonyl (C=O) groups excluding carboxylic acids is 1. The molecule has 2 aromatic rings. The van der Waals surface area contributed by atoms with Gasteiger partial charge in [0.05, 0.1) is 23.4 Å². The summed E-state index contributed by atoms with van der Waals surface area (Å²) in [6, 6.07) is 8.78. The van der Waals surface area contributed by atoms with Crippen molar-refractivity contribution in [1.29, 1.82) is 0 Å². The second-order valence-electron chi connectivity index (χ2n) is 5.44. The molecule has 0 aliphatic carbocycles. The van der Waals surface area contributed by atoms with Crippen LogP contribution < -0.4 is 0 Å². The van der Waals surface area contributed by atoms with Gasteiger partial charge in [0.2, 0.25) is 0 Å². The highest BCUT2D eigenvalue weighted by Gasteiger charge is 2.22. The molecule has 0 aliphatic heterocycles. The highest BCUT2D eigenvalue weighted by atomic mass is 32.2. The summed E-state index contributed by atoms with van der Waals surface area (Å²) in [7, 11) is 1.46. The average Bonchev–Trinajstić information content (AvgIpc) is 2.54. The van der Waals surface area contributed by atoms with Crippen molar-refractivity contribution in [2.45, 2.75) is 17.1 Å². The van der Waals surface area contributed by atoms with Crippen LogP contribution in [0.3, 0.4) is 0 Å². The van der Waals surface area contributed by atoms with Gasteiger partial charge >= 0.3 is 0 Å². The van der Waals surface area contributed by atoms with Gasteiger partial charge in [-0.3, -0.25) is 10.1 Å². The van der Waals surface area contributed by atoms with Crippen molar-refractivity contribution in [3.63, 3.8) is 0 Å². The van der Waals surface area contributed by atoms with E-state index in [0.717, 1.165) is 18.2 Å². The molecule has 2 rings (SSSR count). The smallest absolute Gasteiger partial charge is 0.269 e. The third-order valence-electron chi connectivity index (χ3n) is 3.46. The SMILES string of the molecule is [B]C(C=O)CS(=O)(=O)c1ccc(F)cc1Cc1cccc([N+](=O)[O-])c1. The summed E-state index contributed by atoms with van der Waals surface area (Å²) in [4.78, 5) is 20.7. The summed E-state index contributed by atoms with van der Waals surface area (Å²) < 4.78 is 38.4. The minimum atomic E-state index is -3.92. The predicted molar refractivity (Wildman–Crippen MR) is 89.9 cm³/mol. The van der Waals surface area contributed by atoms with E-state index in [-0.39, 0.29) is 22.6 Å².